The van der Waals surface area contributed by atoms with Crippen LogP contribution in [0.4, 0.5) is 0 Å². The van der Waals surface area contributed by atoms with Crippen molar-refractivity contribution >= 4 is 11.9 Å². The standard InChI is InChI=1S/C12H20N2O4/c1-10(15)18-11-2-3-14(8-11)12(16)9-13-4-6-17-7-5-13/h11H,2-9H2,1H3/t11-/m0/s1. The van der Waals surface area contributed by atoms with E-state index >= 15 is 0 Å². The number of amides is 1. The van der Waals surface area contributed by atoms with Crippen molar-refractivity contribution < 1.29 is 19.1 Å². The van der Waals surface area contributed by atoms with Crippen LogP contribution in [-0.4, -0.2) is 73.7 Å². The Labute approximate surface area is 107 Å². The largest absolute Gasteiger partial charge is 0.461 e. The maximum atomic E-state index is 12.0. The third kappa shape index (κ3) is 3.68. The number of esters is 1. The lowest BCUT2D eigenvalue weighted by molar-refractivity contribution is -0.146. The van der Waals surface area contributed by atoms with Gasteiger partial charge in [-0.2, -0.15) is 0 Å². The Hall–Kier alpha value is -1.14. The van der Waals surface area contributed by atoms with Gasteiger partial charge in [0.15, 0.2) is 0 Å². The maximum Gasteiger partial charge on any atom is 0.302 e. The van der Waals surface area contributed by atoms with Gasteiger partial charge in [0.1, 0.15) is 6.10 Å². The molecule has 18 heavy (non-hydrogen) atoms. The van der Waals surface area contributed by atoms with E-state index < -0.39 is 0 Å². The van der Waals surface area contributed by atoms with E-state index in [2.05, 4.69) is 4.90 Å². The molecule has 2 aliphatic heterocycles. The quantitative estimate of drug-likeness (QED) is 0.636. The molecule has 6 heteroatoms. The van der Waals surface area contributed by atoms with Crippen molar-refractivity contribution in [3.63, 3.8) is 0 Å². The summed E-state index contributed by atoms with van der Waals surface area (Å²) in [4.78, 5) is 26.8. The van der Waals surface area contributed by atoms with Gasteiger partial charge in [-0.3, -0.25) is 14.5 Å². The Morgan fingerprint density at radius 3 is 2.67 bits per heavy atom. The zero-order valence-corrected chi connectivity index (χ0v) is 10.8. The van der Waals surface area contributed by atoms with E-state index in [1.54, 1.807) is 4.90 Å². The fraction of sp³-hybridized carbons (Fsp3) is 0.833. The molecule has 0 aliphatic carbocycles. The third-order valence-corrected chi connectivity index (χ3v) is 3.29. The zero-order valence-electron chi connectivity index (χ0n) is 10.8. The van der Waals surface area contributed by atoms with Crippen LogP contribution in [0.5, 0.6) is 0 Å². The molecule has 0 spiro atoms. The van der Waals surface area contributed by atoms with Crippen LogP contribution in [0.15, 0.2) is 0 Å². The van der Waals surface area contributed by atoms with Crippen LogP contribution in [0.2, 0.25) is 0 Å². The summed E-state index contributed by atoms with van der Waals surface area (Å²) in [7, 11) is 0. The topological polar surface area (TPSA) is 59.1 Å². The van der Waals surface area contributed by atoms with Crippen molar-refractivity contribution in [1.82, 2.24) is 9.80 Å². The van der Waals surface area contributed by atoms with Gasteiger partial charge in [0.25, 0.3) is 0 Å². The van der Waals surface area contributed by atoms with E-state index in [1.165, 1.54) is 6.92 Å². The molecule has 102 valence electrons. The third-order valence-electron chi connectivity index (χ3n) is 3.29. The molecular weight excluding hydrogens is 236 g/mol. The van der Waals surface area contributed by atoms with Crippen molar-refractivity contribution in [1.29, 1.82) is 0 Å². The highest BCUT2D eigenvalue weighted by atomic mass is 16.5. The van der Waals surface area contributed by atoms with Gasteiger partial charge < -0.3 is 14.4 Å². The Bertz CT molecular complexity index is 315. The second kappa shape index (κ2) is 6.15. The Balaban J connectivity index is 1.74. The molecule has 0 radical (unpaired) electrons. The predicted octanol–water partition coefficient (Wildman–Crippen LogP) is -0.517. The lowest BCUT2D eigenvalue weighted by Crippen LogP contribution is -2.44. The van der Waals surface area contributed by atoms with E-state index in [1.807, 2.05) is 0 Å². The molecule has 6 nitrogen and oxygen atoms in total. The predicted molar refractivity (Wildman–Crippen MR) is 64.0 cm³/mol. The minimum Gasteiger partial charge on any atom is -0.461 e. The van der Waals surface area contributed by atoms with Crippen molar-refractivity contribution in [2.24, 2.45) is 0 Å². The first-order valence-corrected chi connectivity index (χ1v) is 6.40. The van der Waals surface area contributed by atoms with Gasteiger partial charge in [-0.15, -0.1) is 0 Å². The number of hydrogen-bond donors (Lipinski definition) is 0. The number of ether oxygens (including phenoxy) is 2. The summed E-state index contributed by atoms with van der Waals surface area (Å²) in [5.41, 5.74) is 0. The highest BCUT2D eigenvalue weighted by Gasteiger charge is 2.29. The fourth-order valence-corrected chi connectivity index (χ4v) is 2.34. The maximum absolute atomic E-state index is 12.0. The summed E-state index contributed by atoms with van der Waals surface area (Å²) in [6, 6.07) is 0. The number of hydrogen-bond acceptors (Lipinski definition) is 5. The van der Waals surface area contributed by atoms with Crippen LogP contribution in [-0.2, 0) is 19.1 Å². The SMILES string of the molecule is CC(=O)O[C@H]1CCN(C(=O)CN2CCOCC2)C1. The summed E-state index contributed by atoms with van der Waals surface area (Å²) >= 11 is 0. The van der Waals surface area contributed by atoms with Gasteiger partial charge in [-0.1, -0.05) is 0 Å². The van der Waals surface area contributed by atoms with Crippen LogP contribution in [0, 0.1) is 0 Å². The molecule has 0 unspecified atom stereocenters. The number of likely N-dealkylation sites (tertiary alicyclic amines) is 1. The lowest BCUT2D eigenvalue weighted by Gasteiger charge is -2.27. The Morgan fingerprint density at radius 1 is 1.28 bits per heavy atom. The normalized spacial score (nSPS) is 25.2. The van der Waals surface area contributed by atoms with Gasteiger partial charge in [-0.05, 0) is 0 Å². The molecule has 2 saturated heterocycles. The van der Waals surface area contributed by atoms with Crippen molar-refractivity contribution in [3.05, 3.63) is 0 Å². The van der Waals surface area contributed by atoms with Crippen LogP contribution >= 0.6 is 0 Å². The van der Waals surface area contributed by atoms with E-state index in [0.29, 0.717) is 32.8 Å². The minimum atomic E-state index is -0.275. The molecule has 2 aliphatic rings. The van der Waals surface area contributed by atoms with E-state index in [-0.39, 0.29) is 18.0 Å². The number of morpholine rings is 1. The molecule has 1 atom stereocenters. The number of nitrogens with zero attached hydrogens (tertiary/aromatic N) is 2. The Morgan fingerprint density at radius 2 is 2.00 bits per heavy atom. The first-order chi connectivity index (χ1) is 8.65. The van der Waals surface area contributed by atoms with Crippen LogP contribution in [0.1, 0.15) is 13.3 Å². The molecule has 0 aromatic rings. The molecule has 1 amide bonds. The van der Waals surface area contributed by atoms with Crippen LogP contribution in [0.25, 0.3) is 0 Å². The summed E-state index contributed by atoms with van der Waals surface area (Å²) < 4.78 is 10.4. The smallest absolute Gasteiger partial charge is 0.302 e. The first kappa shape index (κ1) is 13.3. The van der Waals surface area contributed by atoms with Crippen LogP contribution in [0.3, 0.4) is 0 Å². The Kier molecular flexibility index (Phi) is 4.54. The lowest BCUT2D eigenvalue weighted by atomic mass is 10.3. The van der Waals surface area contributed by atoms with Gasteiger partial charge in [-0.25, -0.2) is 0 Å². The monoisotopic (exact) mass is 256 g/mol. The average molecular weight is 256 g/mol. The second-order valence-electron chi connectivity index (χ2n) is 4.75. The van der Waals surface area contributed by atoms with Crippen molar-refractivity contribution in [3.8, 4) is 0 Å². The number of rotatable bonds is 3. The molecule has 0 bridgehead atoms. The highest BCUT2D eigenvalue weighted by Crippen LogP contribution is 2.13. The first-order valence-electron chi connectivity index (χ1n) is 6.40. The summed E-state index contributed by atoms with van der Waals surface area (Å²) in [5, 5.41) is 0. The van der Waals surface area contributed by atoms with Crippen molar-refractivity contribution in [2.75, 3.05) is 45.9 Å². The molecule has 0 N–H and O–H groups in total. The fourth-order valence-electron chi connectivity index (χ4n) is 2.34. The molecule has 0 saturated carbocycles. The minimum absolute atomic E-state index is 0.117. The van der Waals surface area contributed by atoms with Gasteiger partial charge >= 0.3 is 5.97 Å². The highest BCUT2D eigenvalue weighted by molar-refractivity contribution is 5.78. The molecular formula is C12H20N2O4. The summed E-state index contributed by atoms with van der Waals surface area (Å²) in [6.45, 7) is 6.07. The van der Waals surface area contributed by atoms with Gasteiger partial charge in [0.05, 0.1) is 26.3 Å². The molecule has 2 fully saturated rings. The van der Waals surface area contributed by atoms with E-state index in [9.17, 15) is 9.59 Å². The van der Waals surface area contributed by atoms with Gasteiger partial charge in [0, 0.05) is 33.0 Å². The average Bonchev–Trinajstić information content (AvgIpc) is 2.78. The van der Waals surface area contributed by atoms with Crippen LogP contribution < -0.4 is 0 Å². The van der Waals surface area contributed by atoms with Crippen molar-refractivity contribution in [2.45, 2.75) is 19.4 Å². The number of carbonyl (C=O) groups is 2. The molecule has 2 heterocycles. The molecule has 0 aromatic carbocycles. The molecule has 0 aromatic heterocycles. The summed E-state index contributed by atoms with van der Waals surface area (Å²) in [5.74, 6) is -0.158. The van der Waals surface area contributed by atoms with E-state index in [4.69, 9.17) is 9.47 Å². The number of carbonyl (C=O) groups excluding carboxylic acids is 2. The second-order valence-corrected chi connectivity index (χ2v) is 4.75. The molecule has 2 rings (SSSR count). The summed E-state index contributed by atoms with van der Waals surface area (Å²) in [6.07, 6.45) is 0.616. The zero-order chi connectivity index (χ0) is 13.0. The van der Waals surface area contributed by atoms with Gasteiger partial charge in [0.2, 0.25) is 5.91 Å². The van der Waals surface area contributed by atoms with E-state index in [0.717, 1.165) is 19.5 Å².